The van der Waals surface area contributed by atoms with Crippen LogP contribution < -0.4 is 20.0 Å². The Labute approximate surface area is 177 Å². The van der Waals surface area contributed by atoms with Gasteiger partial charge < -0.3 is 19.9 Å². The van der Waals surface area contributed by atoms with E-state index >= 15 is 0 Å². The molecule has 0 aliphatic carbocycles. The van der Waals surface area contributed by atoms with Gasteiger partial charge in [0, 0.05) is 57.6 Å². The van der Waals surface area contributed by atoms with E-state index in [1.54, 1.807) is 23.5 Å². The largest absolute Gasteiger partial charge is 0.442 e. The predicted molar refractivity (Wildman–Crippen MR) is 109 cm³/mol. The summed E-state index contributed by atoms with van der Waals surface area (Å²) in [5.74, 6) is -1.03. The Morgan fingerprint density at radius 3 is 2.45 bits per heavy atom. The highest BCUT2D eigenvalue weighted by molar-refractivity contribution is 5.90. The number of amides is 2. The third-order valence-electron chi connectivity index (χ3n) is 5.24. The third kappa shape index (κ3) is 4.49. The summed E-state index contributed by atoms with van der Waals surface area (Å²) in [5.41, 5.74) is -0.0443. The highest BCUT2D eigenvalue weighted by atomic mass is 19.1. The SMILES string of the molecule is CC(=O)NC[C@H]1CN(c2cc(F)c(N3CCN(c4cnccn4)CC3)c(F)c2)C(=O)O1. The van der Waals surface area contributed by atoms with Crippen molar-refractivity contribution in [2.45, 2.75) is 13.0 Å². The van der Waals surface area contributed by atoms with E-state index in [4.69, 9.17) is 4.74 Å². The minimum Gasteiger partial charge on any atom is -0.442 e. The molecule has 2 saturated heterocycles. The van der Waals surface area contributed by atoms with Gasteiger partial charge in [0.05, 0.1) is 25.0 Å². The number of rotatable bonds is 5. The second-order valence-corrected chi connectivity index (χ2v) is 7.35. The van der Waals surface area contributed by atoms with Gasteiger partial charge in [-0.2, -0.15) is 0 Å². The van der Waals surface area contributed by atoms with E-state index < -0.39 is 23.8 Å². The lowest BCUT2D eigenvalue weighted by Gasteiger charge is -2.36. The number of cyclic esters (lactones) is 1. The predicted octanol–water partition coefficient (Wildman–Crippen LogP) is 1.54. The zero-order valence-corrected chi connectivity index (χ0v) is 16.9. The van der Waals surface area contributed by atoms with E-state index in [1.165, 1.54) is 6.92 Å². The molecular formula is C20H22F2N6O3. The molecule has 1 aromatic heterocycles. The lowest BCUT2D eigenvalue weighted by molar-refractivity contribution is -0.119. The van der Waals surface area contributed by atoms with Crippen molar-refractivity contribution in [2.75, 3.05) is 54.0 Å². The minimum atomic E-state index is -0.749. The summed E-state index contributed by atoms with van der Waals surface area (Å²) >= 11 is 0. The van der Waals surface area contributed by atoms with E-state index in [-0.39, 0.29) is 30.4 Å². The topological polar surface area (TPSA) is 90.9 Å². The second-order valence-electron chi connectivity index (χ2n) is 7.35. The van der Waals surface area contributed by atoms with E-state index in [0.717, 1.165) is 22.9 Å². The second kappa shape index (κ2) is 8.70. The maximum absolute atomic E-state index is 14.9. The number of nitrogens with zero attached hydrogens (tertiary/aromatic N) is 5. The van der Waals surface area contributed by atoms with Gasteiger partial charge >= 0.3 is 6.09 Å². The molecule has 1 N–H and O–H groups in total. The molecule has 2 aliphatic heterocycles. The highest BCUT2D eigenvalue weighted by Gasteiger charge is 2.34. The van der Waals surface area contributed by atoms with Crippen molar-refractivity contribution in [3.63, 3.8) is 0 Å². The van der Waals surface area contributed by atoms with Gasteiger partial charge in [-0.05, 0) is 0 Å². The van der Waals surface area contributed by atoms with Crippen LogP contribution in [0.1, 0.15) is 6.92 Å². The summed E-state index contributed by atoms with van der Waals surface area (Å²) in [6.07, 6.45) is 3.55. The van der Waals surface area contributed by atoms with Crippen molar-refractivity contribution in [1.29, 1.82) is 0 Å². The van der Waals surface area contributed by atoms with Crippen LogP contribution in [-0.4, -0.2) is 67.3 Å². The van der Waals surface area contributed by atoms with Gasteiger partial charge in [-0.25, -0.2) is 18.6 Å². The van der Waals surface area contributed by atoms with Gasteiger partial charge in [-0.1, -0.05) is 0 Å². The lowest BCUT2D eigenvalue weighted by atomic mass is 10.2. The summed E-state index contributed by atoms with van der Waals surface area (Å²) < 4.78 is 34.9. The van der Waals surface area contributed by atoms with Crippen LogP contribution in [0.15, 0.2) is 30.7 Å². The van der Waals surface area contributed by atoms with Gasteiger partial charge in [0.15, 0.2) is 11.6 Å². The van der Waals surface area contributed by atoms with Crippen LogP contribution in [0.25, 0.3) is 0 Å². The molecule has 1 atom stereocenters. The molecule has 0 unspecified atom stereocenters. The maximum atomic E-state index is 14.9. The van der Waals surface area contributed by atoms with Crippen LogP contribution in [0.3, 0.4) is 0 Å². The van der Waals surface area contributed by atoms with Crippen molar-refractivity contribution in [1.82, 2.24) is 15.3 Å². The number of aromatic nitrogens is 2. The van der Waals surface area contributed by atoms with Crippen LogP contribution in [0, 0.1) is 11.6 Å². The van der Waals surface area contributed by atoms with Gasteiger partial charge in [0.25, 0.3) is 0 Å². The monoisotopic (exact) mass is 432 g/mol. The number of benzene rings is 1. The average molecular weight is 432 g/mol. The molecule has 31 heavy (non-hydrogen) atoms. The zero-order valence-electron chi connectivity index (χ0n) is 16.9. The normalized spacial score (nSPS) is 18.9. The number of nitrogens with one attached hydrogen (secondary N) is 1. The molecule has 9 nitrogen and oxygen atoms in total. The van der Waals surface area contributed by atoms with E-state index in [9.17, 15) is 18.4 Å². The fraction of sp³-hybridized carbons (Fsp3) is 0.400. The molecule has 3 heterocycles. The van der Waals surface area contributed by atoms with E-state index in [1.807, 2.05) is 4.90 Å². The molecule has 2 aliphatic rings. The number of halogens is 2. The number of anilines is 3. The molecule has 0 radical (unpaired) electrons. The Kier molecular flexibility index (Phi) is 5.83. The van der Waals surface area contributed by atoms with Crippen molar-refractivity contribution in [2.24, 2.45) is 0 Å². The average Bonchev–Trinajstić information content (AvgIpc) is 3.13. The number of carbonyl (C=O) groups is 2. The molecule has 0 saturated carbocycles. The van der Waals surface area contributed by atoms with Crippen molar-refractivity contribution < 1.29 is 23.1 Å². The molecule has 2 amide bonds. The summed E-state index contributed by atoms with van der Waals surface area (Å²) in [5, 5.41) is 2.56. The molecule has 164 valence electrons. The highest BCUT2D eigenvalue weighted by Crippen LogP contribution is 2.31. The van der Waals surface area contributed by atoms with E-state index in [0.29, 0.717) is 26.2 Å². The summed E-state index contributed by atoms with van der Waals surface area (Å²) in [4.78, 5) is 36.3. The quantitative estimate of drug-likeness (QED) is 0.767. The first-order valence-corrected chi connectivity index (χ1v) is 9.90. The third-order valence-corrected chi connectivity index (χ3v) is 5.24. The van der Waals surface area contributed by atoms with Gasteiger partial charge in [0.2, 0.25) is 5.91 Å². The molecule has 11 heteroatoms. The van der Waals surface area contributed by atoms with Crippen LogP contribution >= 0.6 is 0 Å². The van der Waals surface area contributed by atoms with Crippen molar-refractivity contribution >= 4 is 29.2 Å². The van der Waals surface area contributed by atoms with Crippen LogP contribution in [-0.2, 0) is 9.53 Å². The summed E-state index contributed by atoms with van der Waals surface area (Å²) in [6.45, 7) is 3.49. The van der Waals surface area contributed by atoms with Gasteiger partial charge in [-0.3, -0.25) is 14.7 Å². The molecule has 0 bridgehead atoms. The molecule has 2 fully saturated rings. The number of piperazine rings is 1. The number of ether oxygens (including phenoxy) is 1. The Bertz CT molecular complexity index is 946. The van der Waals surface area contributed by atoms with Gasteiger partial charge in [0.1, 0.15) is 17.6 Å². The Balaban J connectivity index is 1.45. The molecule has 0 spiro atoms. The standard InChI is InChI=1S/C20H22F2N6O3/c1-13(29)25-10-15-12-28(20(30)31-15)14-8-16(21)19(17(22)9-14)27-6-4-26(5-7-27)18-11-23-2-3-24-18/h2-3,8-9,11,15H,4-7,10,12H2,1H3,(H,25,29)/t15-/m0/s1. The zero-order chi connectivity index (χ0) is 22.0. The molecule has 2 aromatic rings. The first kappa shape index (κ1) is 20.8. The Morgan fingerprint density at radius 1 is 1.16 bits per heavy atom. The fourth-order valence-electron chi connectivity index (χ4n) is 3.72. The number of hydrogen-bond acceptors (Lipinski definition) is 7. The molecule has 4 rings (SSSR count). The Hall–Kier alpha value is -3.50. The fourth-order valence-corrected chi connectivity index (χ4v) is 3.72. The maximum Gasteiger partial charge on any atom is 0.414 e. The first-order valence-electron chi connectivity index (χ1n) is 9.90. The smallest absolute Gasteiger partial charge is 0.414 e. The van der Waals surface area contributed by atoms with Crippen molar-refractivity contribution in [3.8, 4) is 0 Å². The Morgan fingerprint density at radius 2 is 1.84 bits per heavy atom. The molecular weight excluding hydrogens is 410 g/mol. The minimum absolute atomic E-state index is 0.0762. The number of carbonyl (C=O) groups excluding carboxylic acids is 2. The van der Waals surface area contributed by atoms with Gasteiger partial charge in [-0.15, -0.1) is 0 Å². The van der Waals surface area contributed by atoms with E-state index in [2.05, 4.69) is 15.3 Å². The van der Waals surface area contributed by atoms with Crippen LogP contribution in [0.5, 0.6) is 0 Å². The van der Waals surface area contributed by atoms with Crippen molar-refractivity contribution in [3.05, 3.63) is 42.4 Å². The summed E-state index contributed by atoms with van der Waals surface area (Å²) in [6, 6.07) is 2.27. The van der Waals surface area contributed by atoms with Crippen LogP contribution in [0.4, 0.5) is 30.8 Å². The van der Waals surface area contributed by atoms with Crippen LogP contribution in [0.2, 0.25) is 0 Å². The summed E-state index contributed by atoms with van der Waals surface area (Å²) in [7, 11) is 0. The molecule has 1 aromatic carbocycles. The number of hydrogen-bond donors (Lipinski definition) is 1. The lowest BCUT2D eigenvalue weighted by Crippen LogP contribution is -2.47. The first-order chi connectivity index (χ1) is 14.9.